The quantitative estimate of drug-likeness (QED) is 0.899. The molecule has 0 saturated carbocycles. The number of ether oxygens (including phenoxy) is 1. The minimum atomic E-state index is 0.128. The Morgan fingerprint density at radius 1 is 1.29 bits per heavy atom. The van der Waals surface area contributed by atoms with Gasteiger partial charge in [0.15, 0.2) is 0 Å². The van der Waals surface area contributed by atoms with Gasteiger partial charge < -0.3 is 14.5 Å². The number of nitrogens with one attached hydrogen (secondary N) is 1. The summed E-state index contributed by atoms with van der Waals surface area (Å²) in [5.41, 5.74) is 0. The molecule has 1 aromatic rings. The maximum atomic E-state index is 12.5. The SMILES string of the molecule is CCc1ccc([C@@H]2C[C@@H](C)CCN2CC(=O)NC2CCOCC2)o1. The van der Waals surface area contributed by atoms with Gasteiger partial charge in [0.05, 0.1) is 12.6 Å². The van der Waals surface area contributed by atoms with Crippen molar-refractivity contribution in [1.82, 2.24) is 10.2 Å². The molecule has 0 aliphatic carbocycles. The molecule has 0 radical (unpaired) electrons. The molecule has 1 N–H and O–H groups in total. The topological polar surface area (TPSA) is 54.7 Å². The molecule has 2 aliphatic heterocycles. The second-order valence-corrected chi connectivity index (χ2v) is 7.23. The van der Waals surface area contributed by atoms with Gasteiger partial charge in [0, 0.05) is 25.7 Å². The summed E-state index contributed by atoms with van der Waals surface area (Å²) in [5.74, 6) is 2.83. The Bertz CT molecular complexity index is 536. The van der Waals surface area contributed by atoms with Crippen molar-refractivity contribution in [3.05, 3.63) is 23.7 Å². The number of carbonyl (C=O) groups excluding carboxylic acids is 1. The summed E-state index contributed by atoms with van der Waals surface area (Å²) in [6.45, 7) is 7.30. The number of hydrogen-bond donors (Lipinski definition) is 1. The summed E-state index contributed by atoms with van der Waals surface area (Å²) < 4.78 is 11.3. The van der Waals surface area contributed by atoms with Crippen molar-refractivity contribution in [3.8, 4) is 0 Å². The molecule has 0 unspecified atom stereocenters. The number of nitrogens with zero attached hydrogens (tertiary/aromatic N) is 1. The van der Waals surface area contributed by atoms with Crippen LogP contribution in [0.2, 0.25) is 0 Å². The number of rotatable bonds is 5. The van der Waals surface area contributed by atoms with E-state index in [9.17, 15) is 4.79 Å². The first kappa shape index (κ1) is 17.5. The summed E-state index contributed by atoms with van der Waals surface area (Å²) >= 11 is 0. The first-order chi connectivity index (χ1) is 11.7. The molecule has 24 heavy (non-hydrogen) atoms. The lowest BCUT2D eigenvalue weighted by Crippen LogP contribution is -2.46. The molecule has 2 atom stereocenters. The van der Waals surface area contributed by atoms with Crippen LogP contribution in [0.4, 0.5) is 0 Å². The van der Waals surface area contributed by atoms with Crippen LogP contribution in [0, 0.1) is 5.92 Å². The van der Waals surface area contributed by atoms with E-state index >= 15 is 0 Å². The maximum Gasteiger partial charge on any atom is 0.234 e. The largest absolute Gasteiger partial charge is 0.464 e. The van der Waals surface area contributed by atoms with Crippen molar-refractivity contribution in [1.29, 1.82) is 0 Å². The predicted molar refractivity (Wildman–Crippen MR) is 92.8 cm³/mol. The van der Waals surface area contributed by atoms with Crippen molar-refractivity contribution in [3.63, 3.8) is 0 Å². The minimum absolute atomic E-state index is 0.128. The van der Waals surface area contributed by atoms with E-state index < -0.39 is 0 Å². The number of hydrogen-bond acceptors (Lipinski definition) is 4. The highest BCUT2D eigenvalue weighted by atomic mass is 16.5. The zero-order valence-corrected chi connectivity index (χ0v) is 14.9. The van der Waals surface area contributed by atoms with Crippen molar-refractivity contribution in [2.45, 2.75) is 58.0 Å². The van der Waals surface area contributed by atoms with E-state index in [0.717, 1.165) is 63.4 Å². The highest BCUT2D eigenvalue weighted by molar-refractivity contribution is 5.78. The van der Waals surface area contributed by atoms with E-state index in [0.29, 0.717) is 12.5 Å². The van der Waals surface area contributed by atoms with Crippen LogP contribution < -0.4 is 5.32 Å². The number of likely N-dealkylation sites (tertiary alicyclic amines) is 1. The molecule has 2 aliphatic rings. The van der Waals surface area contributed by atoms with Crippen LogP contribution in [0.1, 0.15) is 57.1 Å². The van der Waals surface area contributed by atoms with E-state index in [1.165, 1.54) is 0 Å². The van der Waals surface area contributed by atoms with E-state index in [1.54, 1.807) is 0 Å². The molecular formula is C19H30N2O3. The predicted octanol–water partition coefficient (Wildman–Crippen LogP) is 2.91. The van der Waals surface area contributed by atoms with Crippen LogP contribution >= 0.6 is 0 Å². The Morgan fingerprint density at radius 3 is 2.79 bits per heavy atom. The number of aryl methyl sites for hydroxylation is 1. The molecule has 0 aromatic carbocycles. The van der Waals surface area contributed by atoms with E-state index in [2.05, 4.69) is 36.2 Å². The van der Waals surface area contributed by atoms with Crippen LogP contribution in [0.15, 0.2) is 16.5 Å². The van der Waals surface area contributed by atoms with Gasteiger partial charge in [0.25, 0.3) is 0 Å². The smallest absolute Gasteiger partial charge is 0.234 e. The molecule has 1 aromatic heterocycles. The summed E-state index contributed by atoms with van der Waals surface area (Å²) in [7, 11) is 0. The van der Waals surface area contributed by atoms with Crippen molar-refractivity contribution in [2.75, 3.05) is 26.3 Å². The lowest BCUT2D eigenvalue weighted by Gasteiger charge is -2.37. The molecule has 5 nitrogen and oxygen atoms in total. The highest BCUT2D eigenvalue weighted by Crippen LogP contribution is 2.34. The fraction of sp³-hybridized carbons (Fsp3) is 0.737. The molecule has 3 heterocycles. The summed E-state index contributed by atoms with van der Waals surface area (Å²) in [6, 6.07) is 4.64. The van der Waals surface area contributed by atoms with Crippen LogP contribution in [0.25, 0.3) is 0 Å². The van der Waals surface area contributed by atoms with Crippen LogP contribution in [0.5, 0.6) is 0 Å². The number of carbonyl (C=O) groups is 1. The fourth-order valence-corrected chi connectivity index (χ4v) is 3.74. The number of piperidine rings is 1. The molecule has 1 amide bonds. The fourth-order valence-electron chi connectivity index (χ4n) is 3.74. The second kappa shape index (κ2) is 8.17. The maximum absolute atomic E-state index is 12.5. The van der Waals surface area contributed by atoms with Gasteiger partial charge >= 0.3 is 0 Å². The van der Waals surface area contributed by atoms with Gasteiger partial charge in [-0.3, -0.25) is 9.69 Å². The Hall–Kier alpha value is -1.33. The third-order valence-corrected chi connectivity index (χ3v) is 5.27. The third kappa shape index (κ3) is 4.39. The van der Waals surface area contributed by atoms with Gasteiger partial charge in [0.1, 0.15) is 11.5 Å². The Morgan fingerprint density at radius 2 is 2.08 bits per heavy atom. The summed E-state index contributed by atoms with van der Waals surface area (Å²) in [5, 5.41) is 3.17. The zero-order chi connectivity index (χ0) is 16.9. The molecule has 2 saturated heterocycles. The monoisotopic (exact) mass is 334 g/mol. The van der Waals surface area contributed by atoms with Gasteiger partial charge in [-0.25, -0.2) is 0 Å². The molecule has 0 spiro atoms. The lowest BCUT2D eigenvalue weighted by molar-refractivity contribution is -0.124. The van der Waals surface area contributed by atoms with Gasteiger partial charge in [0.2, 0.25) is 5.91 Å². The highest BCUT2D eigenvalue weighted by Gasteiger charge is 2.31. The first-order valence-electron chi connectivity index (χ1n) is 9.35. The van der Waals surface area contributed by atoms with E-state index in [1.807, 2.05) is 0 Å². The summed E-state index contributed by atoms with van der Waals surface area (Å²) in [4.78, 5) is 14.8. The Kier molecular flexibility index (Phi) is 5.95. The molecule has 5 heteroatoms. The van der Waals surface area contributed by atoms with Crippen molar-refractivity contribution < 1.29 is 13.9 Å². The van der Waals surface area contributed by atoms with Crippen LogP contribution in [0.3, 0.4) is 0 Å². The van der Waals surface area contributed by atoms with E-state index in [-0.39, 0.29) is 18.0 Å². The average Bonchev–Trinajstić information content (AvgIpc) is 3.06. The standard InChI is InChI=1S/C19H30N2O3/c1-3-16-4-5-18(24-16)17-12-14(2)6-9-21(17)13-19(22)20-15-7-10-23-11-8-15/h4-5,14-15,17H,3,6-13H2,1-2H3,(H,20,22)/t14-,17-/m0/s1. The average molecular weight is 334 g/mol. The van der Waals surface area contributed by atoms with Crippen molar-refractivity contribution in [2.24, 2.45) is 5.92 Å². The number of amides is 1. The Balaban J connectivity index is 1.61. The third-order valence-electron chi connectivity index (χ3n) is 5.27. The second-order valence-electron chi connectivity index (χ2n) is 7.23. The zero-order valence-electron chi connectivity index (χ0n) is 14.9. The molecule has 2 fully saturated rings. The van der Waals surface area contributed by atoms with Gasteiger partial charge in [-0.05, 0) is 50.3 Å². The minimum Gasteiger partial charge on any atom is -0.464 e. The van der Waals surface area contributed by atoms with Crippen molar-refractivity contribution >= 4 is 5.91 Å². The van der Waals surface area contributed by atoms with Gasteiger partial charge in [-0.1, -0.05) is 13.8 Å². The molecule has 134 valence electrons. The molecular weight excluding hydrogens is 304 g/mol. The van der Waals surface area contributed by atoms with Gasteiger partial charge in [-0.2, -0.15) is 0 Å². The van der Waals surface area contributed by atoms with Gasteiger partial charge in [-0.15, -0.1) is 0 Å². The molecule has 3 rings (SSSR count). The molecule has 0 bridgehead atoms. The van der Waals surface area contributed by atoms with E-state index in [4.69, 9.17) is 9.15 Å². The normalized spacial score (nSPS) is 26.4. The van der Waals surface area contributed by atoms with Crippen LogP contribution in [-0.4, -0.2) is 43.2 Å². The lowest BCUT2D eigenvalue weighted by atomic mass is 9.91. The first-order valence-corrected chi connectivity index (χ1v) is 9.35. The number of furan rings is 1. The Labute approximate surface area is 144 Å². The summed E-state index contributed by atoms with van der Waals surface area (Å²) in [6.07, 6.45) is 4.95. The van der Waals surface area contributed by atoms with Crippen LogP contribution in [-0.2, 0) is 16.0 Å².